The second-order valence-corrected chi connectivity index (χ2v) is 5.34. The molecule has 0 unspecified atom stereocenters. The molecule has 2 aromatic rings. The molecule has 2 rings (SSSR count). The number of rotatable bonds is 4. The average Bonchev–Trinajstić information content (AvgIpc) is 2.75. The molecule has 106 valence electrons. The van der Waals surface area contributed by atoms with Gasteiger partial charge in [-0.15, -0.1) is 0 Å². The van der Waals surface area contributed by atoms with Crippen molar-refractivity contribution in [2.24, 2.45) is 0 Å². The van der Waals surface area contributed by atoms with E-state index in [-0.39, 0.29) is 11.9 Å². The molecule has 0 aliphatic rings. The van der Waals surface area contributed by atoms with E-state index in [2.05, 4.69) is 0 Å². The van der Waals surface area contributed by atoms with Crippen molar-refractivity contribution in [3.63, 3.8) is 0 Å². The first kappa shape index (κ1) is 14.4. The standard InChI is InChI=1S/C17H21NO2/c1-12(2)18(11-15-8-6-5-7-9-15)17(19)16-10-13(3)20-14(16)4/h5-10,12H,11H2,1-4H3. The fourth-order valence-corrected chi connectivity index (χ4v) is 2.27. The van der Waals surface area contributed by atoms with Crippen LogP contribution in [0.4, 0.5) is 0 Å². The summed E-state index contributed by atoms with van der Waals surface area (Å²) < 4.78 is 5.47. The Labute approximate surface area is 120 Å². The topological polar surface area (TPSA) is 33.5 Å². The maximum atomic E-state index is 12.7. The summed E-state index contributed by atoms with van der Waals surface area (Å²) in [6, 6.07) is 12.0. The van der Waals surface area contributed by atoms with Crippen molar-refractivity contribution in [1.82, 2.24) is 4.90 Å². The number of benzene rings is 1. The Morgan fingerprint density at radius 1 is 1.20 bits per heavy atom. The first-order valence-corrected chi connectivity index (χ1v) is 6.91. The van der Waals surface area contributed by atoms with Crippen LogP contribution in [0.2, 0.25) is 0 Å². The molecule has 0 saturated carbocycles. The quantitative estimate of drug-likeness (QED) is 0.843. The molecular weight excluding hydrogens is 250 g/mol. The van der Waals surface area contributed by atoms with E-state index in [1.165, 1.54) is 0 Å². The van der Waals surface area contributed by atoms with Crippen molar-refractivity contribution in [3.05, 3.63) is 59.0 Å². The van der Waals surface area contributed by atoms with Gasteiger partial charge in [-0.3, -0.25) is 4.79 Å². The van der Waals surface area contributed by atoms with Gasteiger partial charge in [-0.1, -0.05) is 30.3 Å². The molecule has 0 radical (unpaired) electrons. The molecule has 0 aliphatic heterocycles. The summed E-state index contributed by atoms with van der Waals surface area (Å²) in [7, 11) is 0. The van der Waals surface area contributed by atoms with Gasteiger partial charge in [0.2, 0.25) is 0 Å². The van der Waals surface area contributed by atoms with Gasteiger partial charge in [0, 0.05) is 12.6 Å². The lowest BCUT2D eigenvalue weighted by Crippen LogP contribution is -2.36. The van der Waals surface area contributed by atoms with Gasteiger partial charge in [-0.2, -0.15) is 0 Å². The predicted molar refractivity (Wildman–Crippen MR) is 79.6 cm³/mol. The Bertz CT molecular complexity index is 584. The van der Waals surface area contributed by atoms with Gasteiger partial charge in [-0.05, 0) is 39.3 Å². The Hall–Kier alpha value is -2.03. The number of furan rings is 1. The van der Waals surface area contributed by atoms with E-state index >= 15 is 0 Å². The van der Waals surface area contributed by atoms with Crippen LogP contribution >= 0.6 is 0 Å². The molecule has 0 aliphatic carbocycles. The third kappa shape index (κ3) is 3.10. The SMILES string of the molecule is Cc1cc(C(=O)N(Cc2ccccc2)C(C)C)c(C)o1. The van der Waals surface area contributed by atoms with E-state index < -0.39 is 0 Å². The van der Waals surface area contributed by atoms with E-state index in [0.717, 1.165) is 11.3 Å². The second-order valence-electron chi connectivity index (χ2n) is 5.34. The molecule has 0 atom stereocenters. The maximum absolute atomic E-state index is 12.7. The van der Waals surface area contributed by atoms with Gasteiger partial charge in [0.05, 0.1) is 5.56 Å². The molecule has 3 nitrogen and oxygen atoms in total. The van der Waals surface area contributed by atoms with Gasteiger partial charge >= 0.3 is 0 Å². The van der Waals surface area contributed by atoms with E-state index in [9.17, 15) is 4.79 Å². The molecule has 1 aromatic carbocycles. The lowest BCUT2D eigenvalue weighted by Gasteiger charge is -2.26. The normalized spacial score (nSPS) is 10.8. The van der Waals surface area contributed by atoms with Crippen LogP contribution in [0.5, 0.6) is 0 Å². The maximum Gasteiger partial charge on any atom is 0.257 e. The molecule has 20 heavy (non-hydrogen) atoms. The molecule has 0 saturated heterocycles. The van der Waals surface area contributed by atoms with Crippen molar-refractivity contribution in [3.8, 4) is 0 Å². The number of carbonyl (C=O) groups excluding carboxylic acids is 1. The van der Waals surface area contributed by atoms with Gasteiger partial charge in [0.25, 0.3) is 5.91 Å². The van der Waals surface area contributed by atoms with Crippen LogP contribution in [0, 0.1) is 13.8 Å². The molecule has 1 aromatic heterocycles. The van der Waals surface area contributed by atoms with Crippen LogP contribution in [0.1, 0.15) is 41.3 Å². The van der Waals surface area contributed by atoms with Crippen LogP contribution in [0.25, 0.3) is 0 Å². The Balaban J connectivity index is 2.25. The van der Waals surface area contributed by atoms with E-state index in [1.807, 2.05) is 69.0 Å². The number of nitrogens with zero attached hydrogens (tertiary/aromatic N) is 1. The molecule has 0 fully saturated rings. The molecule has 3 heteroatoms. The van der Waals surface area contributed by atoms with E-state index in [4.69, 9.17) is 4.42 Å². The summed E-state index contributed by atoms with van der Waals surface area (Å²) in [4.78, 5) is 14.6. The zero-order valence-corrected chi connectivity index (χ0v) is 12.5. The number of amides is 1. The minimum Gasteiger partial charge on any atom is -0.466 e. The van der Waals surface area contributed by atoms with Crippen molar-refractivity contribution >= 4 is 5.91 Å². The molecular formula is C17H21NO2. The van der Waals surface area contributed by atoms with Gasteiger partial charge < -0.3 is 9.32 Å². The predicted octanol–water partition coefficient (Wildman–Crippen LogP) is 3.95. The number of hydrogen-bond donors (Lipinski definition) is 0. The fourth-order valence-electron chi connectivity index (χ4n) is 2.27. The summed E-state index contributed by atoms with van der Waals surface area (Å²) >= 11 is 0. The van der Waals surface area contributed by atoms with Crippen molar-refractivity contribution in [2.45, 2.75) is 40.3 Å². The highest BCUT2D eigenvalue weighted by Crippen LogP contribution is 2.19. The summed E-state index contributed by atoms with van der Waals surface area (Å²) in [5.41, 5.74) is 1.79. The van der Waals surface area contributed by atoms with Gasteiger partial charge in [0.1, 0.15) is 11.5 Å². The van der Waals surface area contributed by atoms with Gasteiger partial charge in [-0.25, -0.2) is 0 Å². The van der Waals surface area contributed by atoms with Crippen molar-refractivity contribution < 1.29 is 9.21 Å². The highest BCUT2D eigenvalue weighted by atomic mass is 16.3. The number of carbonyl (C=O) groups is 1. The van der Waals surface area contributed by atoms with Crippen LogP contribution in [0.3, 0.4) is 0 Å². The van der Waals surface area contributed by atoms with Crippen LogP contribution in [-0.2, 0) is 6.54 Å². The smallest absolute Gasteiger partial charge is 0.257 e. The number of hydrogen-bond acceptors (Lipinski definition) is 2. The van der Waals surface area contributed by atoms with E-state index in [0.29, 0.717) is 17.9 Å². The number of aryl methyl sites for hydroxylation is 2. The lowest BCUT2D eigenvalue weighted by atomic mass is 10.1. The molecule has 0 N–H and O–H groups in total. The minimum atomic E-state index is 0.0261. The first-order chi connectivity index (χ1) is 9.49. The highest BCUT2D eigenvalue weighted by molar-refractivity contribution is 5.95. The summed E-state index contributed by atoms with van der Waals surface area (Å²) in [5, 5.41) is 0. The zero-order valence-electron chi connectivity index (χ0n) is 12.5. The molecule has 0 spiro atoms. The highest BCUT2D eigenvalue weighted by Gasteiger charge is 2.22. The van der Waals surface area contributed by atoms with Gasteiger partial charge in [0.15, 0.2) is 0 Å². The monoisotopic (exact) mass is 271 g/mol. The third-order valence-electron chi connectivity index (χ3n) is 3.35. The summed E-state index contributed by atoms with van der Waals surface area (Å²) in [6.07, 6.45) is 0. The summed E-state index contributed by atoms with van der Waals surface area (Å²) in [6.45, 7) is 8.37. The lowest BCUT2D eigenvalue weighted by molar-refractivity contribution is 0.0688. The molecule has 0 bridgehead atoms. The van der Waals surface area contributed by atoms with Crippen LogP contribution in [-0.4, -0.2) is 16.8 Å². The molecule has 1 heterocycles. The van der Waals surface area contributed by atoms with E-state index in [1.54, 1.807) is 0 Å². The minimum absolute atomic E-state index is 0.0261. The largest absolute Gasteiger partial charge is 0.466 e. The first-order valence-electron chi connectivity index (χ1n) is 6.91. The average molecular weight is 271 g/mol. The Morgan fingerprint density at radius 2 is 1.85 bits per heavy atom. The Morgan fingerprint density at radius 3 is 2.35 bits per heavy atom. The van der Waals surface area contributed by atoms with Crippen LogP contribution in [0.15, 0.2) is 40.8 Å². The van der Waals surface area contributed by atoms with Crippen molar-refractivity contribution in [2.75, 3.05) is 0 Å². The van der Waals surface area contributed by atoms with Crippen molar-refractivity contribution in [1.29, 1.82) is 0 Å². The Kier molecular flexibility index (Phi) is 4.28. The zero-order chi connectivity index (χ0) is 14.7. The third-order valence-corrected chi connectivity index (χ3v) is 3.35. The summed E-state index contributed by atoms with van der Waals surface area (Å²) in [5.74, 6) is 1.48. The molecule has 1 amide bonds. The van der Waals surface area contributed by atoms with Crippen LogP contribution < -0.4 is 0 Å². The fraction of sp³-hybridized carbons (Fsp3) is 0.353. The second kappa shape index (κ2) is 5.95.